The first-order valence-electron chi connectivity index (χ1n) is 8.39. The molecule has 1 fully saturated rings. The maximum Gasteiger partial charge on any atom is 0.199 e. The Morgan fingerprint density at radius 2 is 2.28 bits per heavy atom. The van der Waals surface area contributed by atoms with Crippen LogP contribution in [0.15, 0.2) is 39.9 Å². The zero-order valence-corrected chi connectivity index (χ0v) is 14.8. The van der Waals surface area contributed by atoms with E-state index < -0.39 is 9.84 Å². The van der Waals surface area contributed by atoms with Crippen molar-refractivity contribution in [3.8, 4) is 0 Å². The summed E-state index contributed by atoms with van der Waals surface area (Å²) in [7, 11) is -3.24. The first-order valence-corrected chi connectivity index (χ1v) is 10.0. The Kier molecular flexibility index (Phi) is 4.09. The molecule has 2 aromatic heterocycles. The highest BCUT2D eigenvalue weighted by Gasteiger charge is 2.28. The second-order valence-corrected chi connectivity index (χ2v) is 8.62. The molecule has 4 rings (SSSR count). The number of rotatable bonds is 5. The van der Waals surface area contributed by atoms with E-state index >= 15 is 0 Å². The number of benzene rings is 1. The van der Waals surface area contributed by atoms with Crippen LogP contribution in [0.3, 0.4) is 0 Å². The fourth-order valence-corrected chi connectivity index (χ4v) is 4.13. The average Bonchev–Trinajstić information content (AvgIpc) is 3.34. The van der Waals surface area contributed by atoms with Gasteiger partial charge in [0.2, 0.25) is 0 Å². The van der Waals surface area contributed by atoms with Gasteiger partial charge in [-0.15, -0.1) is 0 Å². The summed E-state index contributed by atoms with van der Waals surface area (Å²) in [5.74, 6) is 1.93. The summed E-state index contributed by atoms with van der Waals surface area (Å²) in [6, 6.07) is 4.90. The van der Waals surface area contributed by atoms with E-state index in [-0.39, 0.29) is 11.7 Å². The zero-order chi connectivity index (χ0) is 17.4. The van der Waals surface area contributed by atoms with Gasteiger partial charge in [-0.1, -0.05) is 6.92 Å². The molecule has 0 spiro atoms. The van der Waals surface area contributed by atoms with Crippen molar-refractivity contribution in [2.45, 2.75) is 30.7 Å². The normalized spacial score (nSPS) is 19.0. The Hall–Kier alpha value is -2.19. The molecule has 1 atom stereocenters. The first kappa shape index (κ1) is 16.3. The molecule has 1 aliphatic rings. The molecule has 0 unspecified atom stereocenters. The third kappa shape index (κ3) is 3.19. The minimum absolute atomic E-state index is 0.0770. The minimum atomic E-state index is -3.24. The number of aromatic nitrogens is 3. The van der Waals surface area contributed by atoms with Gasteiger partial charge in [0.25, 0.3) is 0 Å². The largest absolute Gasteiger partial charge is 0.440 e. The average molecular weight is 360 g/mol. The molecule has 8 heteroatoms. The van der Waals surface area contributed by atoms with Gasteiger partial charge in [0.15, 0.2) is 21.3 Å². The van der Waals surface area contributed by atoms with E-state index in [9.17, 15) is 8.42 Å². The zero-order valence-electron chi connectivity index (χ0n) is 14.0. The van der Waals surface area contributed by atoms with Crippen LogP contribution in [-0.2, 0) is 16.4 Å². The molecule has 1 saturated heterocycles. The monoisotopic (exact) mass is 360 g/mol. The van der Waals surface area contributed by atoms with Crippen LogP contribution in [0.25, 0.3) is 11.1 Å². The molecular weight excluding hydrogens is 340 g/mol. The van der Waals surface area contributed by atoms with Gasteiger partial charge in [-0.05, 0) is 31.2 Å². The second-order valence-electron chi connectivity index (χ2n) is 6.34. The first-order chi connectivity index (χ1) is 12.0. The molecule has 3 aromatic rings. The van der Waals surface area contributed by atoms with Crippen LogP contribution in [-0.4, -0.2) is 47.1 Å². The highest BCUT2D eigenvalue weighted by Crippen LogP contribution is 2.30. The van der Waals surface area contributed by atoms with Crippen LogP contribution in [0.2, 0.25) is 0 Å². The predicted octanol–water partition coefficient (Wildman–Crippen LogP) is 2.33. The lowest BCUT2D eigenvalue weighted by atomic mass is 10.1. The van der Waals surface area contributed by atoms with Crippen LogP contribution in [0, 0.1) is 0 Å². The number of H-pyrrole nitrogens is 1. The van der Waals surface area contributed by atoms with Crippen LogP contribution in [0.5, 0.6) is 0 Å². The van der Waals surface area contributed by atoms with Gasteiger partial charge < -0.3 is 9.40 Å². The molecule has 132 valence electrons. The number of nitrogens with zero attached hydrogens (tertiary/aromatic N) is 3. The predicted molar refractivity (Wildman–Crippen MR) is 93.0 cm³/mol. The Balaban J connectivity index is 1.54. The van der Waals surface area contributed by atoms with Crippen molar-refractivity contribution in [3.05, 3.63) is 42.3 Å². The van der Waals surface area contributed by atoms with Gasteiger partial charge in [0.05, 0.1) is 17.2 Å². The number of hydrogen-bond donors (Lipinski definition) is 1. The number of likely N-dealkylation sites (tertiary alicyclic amines) is 1. The maximum atomic E-state index is 12.0. The van der Waals surface area contributed by atoms with Crippen molar-refractivity contribution in [2.75, 3.05) is 18.8 Å². The molecule has 0 radical (unpaired) electrons. The van der Waals surface area contributed by atoms with Gasteiger partial charge in [0, 0.05) is 24.9 Å². The molecule has 0 saturated carbocycles. The van der Waals surface area contributed by atoms with Crippen LogP contribution >= 0.6 is 0 Å². The van der Waals surface area contributed by atoms with Gasteiger partial charge in [-0.25, -0.2) is 18.4 Å². The SMILES string of the molecule is CCS(=O)(=O)c1ccc2oc([C@H]3CCN(Cc4ncc[nH]4)C3)nc2c1. The topological polar surface area (TPSA) is 92.1 Å². The number of imidazole rings is 1. The molecule has 1 N–H and O–H groups in total. The fraction of sp³-hybridized carbons (Fsp3) is 0.412. The van der Waals surface area contributed by atoms with Crippen molar-refractivity contribution >= 4 is 20.9 Å². The van der Waals surface area contributed by atoms with Gasteiger partial charge >= 0.3 is 0 Å². The summed E-state index contributed by atoms with van der Waals surface area (Å²) >= 11 is 0. The number of hydrogen-bond acceptors (Lipinski definition) is 6. The lowest BCUT2D eigenvalue weighted by Crippen LogP contribution is -2.20. The molecule has 1 aliphatic heterocycles. The highest BCUT2D eigenvalue weighted by atomic mass is 32.2. The van der Waals surface area contributed by atoms with E-state index in [1.165, 1.54) is 0 Å². The van der Waals surface area contributed by atoms with Crippen LogP contribution in [0.1, 0.15) is 31.0 Å². The number of nitrogens with one attached hydrogen (secondary N) is 1. The lowest BCUT2D eigenvalue weighted by Gasteiger charge is -2.12. The molecule has 7 nitrogen and oxygen atoms in total. The minimum Gasteiger partial charge on any atom is -0.440 e. The van der Waals surface area contributed by atoms with Crippen molar-refractivity contribution in [1.82, 2.24) is 19.9 Å². The van der Waals surface area contributed by atoms with Gasteiger partial charge in [-0.3, -0.25) is 4.90 Å². The van der Waals surface area contributed by atoms with E-state index in [1.54, 1.807) is 31.3 Å². The van der Waals surface area contributed by atoms with E-state index in [2.05, 4.69) is 19.9 Å². The van der Waals surface area contributed by atoms with Crippen molar-refractivity contribution in [3.63, 3.8) is 0 Å². The van der Waals surface area contributed by atoms with E-state index in [0.29, 0.717) is 21.9 Å². The van der Waals surface area contributed by atoms with Gasteiger partial charge in [0.1, 0.15) is 11.3 Å². The van der Waals surface area contributed by atoms with Crippen LogP contribution < -0.4 is 0 Å². The smallest absolute Gasteiger partial charge is 0.199 e. The lowest BCUT2D eigenvalue weighted by molar-refractivity contribution is 0.313. The van der Waals surface area contributed by atoms with E-state index in [0.717, 1.165) is 31.9 Å². The number of aromatic amines is 1. The van der Waals surface area contributed by atoms with Gasteiger partial charge in [-0.2, -0.15) is 0 Å². The quantitative estimate of drug-likeness (QED) is 0.751. The third-order valence-electron chi connectivity index (χ3n) is 4.66. The summed E-state index contributed by atoms with van der Waals surface area (Å²) in [4.78, 5) is 14.5. The molecule has 0 bridgehead atoms. The summed E-state index contributed by atoms with van der Waals surface area (Å²) in [6.45, 7) is 4.23. The Morgan fingerprint density at radius 3 is 3.04 bits per heavy atom. The molecule has 25 heavy (non-hydrogen) atoms. The highest BCUT2D eigenvalue weighted by molar-refractivity contribution is 7.91. The summed E-state index contributed by atoms with van der Waals surface area (Å²) in [5, 5.41) is 0. The number of fused-ring (bicyclic) bond motifs is 1. The fourth-order valence-electron chi connectivity index (χ4n) is 3.23. The van der Waals surface area contributed by atoms with Crippen molar-refractivity contribution in [1.29, 1.82) is 0 Å². The summed E-state index contributed by atoms with van der Waals surface area (Å²) < 4.78 is 29.9. The Morgan fingerprint density at radius 1 is 1.40 bits per heavy atom. The second kappa shape index (κ2) is 6.27. The molecule has 0 aliphatic carbocycles. The molecule has 0 amide bonds. The number of oxazole rings is 1. The van der Waals surface area contributed by atoms with Crippen molar-refractivity contribution < 1.29 is 12.8 Å². The maximum absolute atomic E-state index is 12.0. The number of sulfone groups is 1. The molecule has 3 heterocycles. The molecule has 1 aromatic carbocycles. The standard InChI is InChI=1S/C17H20N4O3S/c1-2-25(22,23)13-3-4-15-14(9-13)20-17(24-15)12-5-8-21(10-12)11-16-18-6-7-19-16/h3-4,6-7,9,12H,2,5,8,10-11H2,1H3,(H,18,19)/t12-/m0/s1. The van der Waals surface area contributed by atoms with Crippen LogP contribution in [0.4, 0.5) is 0 Å². The summed E-state index contributed by atoms with van der Waals surface area (Å²) in [6.07, 6.45) is 4.55. The Bertz CT molecular complexity index is 979. The Labute approximate surface area is 146 Å². The third-order valence-corrected chi connectivity index (χ3v) is 6.40. The van der Waals surface area contributed by atoms with E-state index in [4.69, 9.17) is 4.42 Å². The molecular formula is C17H20N4O3S. The summed E-state index contributed by atoms with van der Waals surface area (Å²) in [5.41, 5.74) is 1.24. The van der Waals surface area contributed by atoms with Crippen molar-refractivity contribution in [2.24, 2.45) is 0 Å². The van der Waals surface area contributed by atoms with E-state index in [1.807, 2.05) is 6.20 Å².